The van der Waals surface area contributed by atoms with Crippen LogP contribution < -0.4 is 10.6 Å². The van der Waals surface area contributed by atoms with Gasteiger partial charge in [0.05, 0.1) is 6.54 Å². The van der Waals surface area contributed by atoms with Gasteiger partial charge < -0.3 is 15.2 Å². The lowest BCUT2D eigenvalue weighted by atomic mass is 10.1. The zero-order valence-corrected chi connectivity index (χ0v) is 21.6. The molecule has 2 N–H and O–H groups in total. The van der Waals surface area contributed by atoms with Crippen LogP contribution in [0, 0.1) is 0 Å². The highest BCUT2D eigenvalue weighted by atomic mass is 127. The molecule has 32 heavy (non-hydrogen) atoms. The number of halogens is 1. The molecule has 0 fully saturated rings. The maximum Gasteiger partial charge on any atom is 0.191 e. The van der Waals surface area contributed by atoms with E-state index in [1.54, 1.807) is 7.05 Å². The van der Waals surface area contributed by atoms with Gasteiger partial charge in [0, 0.05) is 45.1 Å². The Balaban J connectivity index is 0.00000363. The van der Waals surface area contributed by atoms with Crippen molar-refractivity contribution in [1.29, 1.82) is 0 Å². The highest BCUT2D eigenvalue weighted by Gasteiger charge is 2.10. The molecule has 3 aromatic rings. The molecule has 172 valence electrons. The molecule has 0 aliphatic rings. The third-order valence-electron chi connectivity index (χ3n) is 5.52. The molecule has 0 saturated heterocycles. The summed E-state index contributed by atoms with van der Waals surface area (Å²) < 4.78 is 2.16. The van der Waals surface area contributed by atoms with Crippen molar-refractivity contribution in [2.75, 3.05) is 20.6 Å². The Morgan fingerprint density at radius 2 is 1.69 bits per heavy atom. The molecule has 1 atom stereocenters. The van der Waals surface area contributed by atoms with E-state index in [0.717, 1.165) is 37.8 Å². The SMILES string of the molecule is CN=C(NCCC(C)N(C)Cc1ccccc1)NCc1nccn1Cc1ccccc1.I. The van der Waals surface area contributed by atoms with Gasteiger partial charge in [0.2, 0.25) is 0 Å². The Morgan fingerprint density at radius 3 is 2.34 bits per heavy atom. The largest absolute Gasteiger partial charge is 0.356 e. The Hall–Kier alpha value is -2.39. The standard InChI is InChI=1S/C25H34N6.HI/c1-21(30(3)19-22-10-6-4-7-11-22)14-15-28-25(26-2)29-18-24-27-16-17-31(24)20-23-12-8-5-9-13-23;/h4-13,16-17,21H,14-15,18-20H2,1-3H3,(H2,26,28,29);1H. The number of imidazole rings is 1. The van der Waals surface area contributed by atoms with Crippen LogP contribution in [0.15, 0.2) is 78.0 Å². The summed E-state index contributed by atoms with van der Waals surface area (Å²) in [6.45, 7) is 5.52. The van der Waals surface area contributed by atoms with Gasteiger partial charge in [0.25, 0.3) is 0 Å². The van der Waals surface area contributed by atoms with Crippen molar-refractivity contribution in [2.45, 2.75) is 39.0 Å². The van der Waals surface area contributed by atoms with Crippen LogP contribution in [0.4, 0.5) is 0 Å². The topological polar surface area (TPSA) is 57.5 Å². The van der Waals surface area contributed by atoms with Gasteiger partial charge in [-0.2, -0.15) is 0 Å². The summed E-state index contributed by atoms with van der Waals surface area (Å²) in [7, 11) is 3.98. The van der Waals surface area contributed by atoms with Gasteiger partial charge >= 0.3 is 0 Å². The average molecular weight is 547 g/mol. The van der Waals surface area contributed by atoms with Crippen LogP contribution in [0.25, 0.3) is 0 Å². The predicted molar refractivity (Wildman–Crippen MR) is 143 cm³/mol. The van der Waals surface area contributed by atoms with Crippen LogP contribution in [-0.4, -0.2) is 47.1 Å². The molecule has 0 saturated carbocycles. The first-order chi connectivity index (χ1) is 15.2. The summed E-state index contributed by atoms with van der Waals surface area (Å²) in [5.74, 6) is 1.79. The van der Waals surface area contributed by atoms with Gasteiger partial charge in [-0.1, -0.05) is 60.7 Å². The number of nitrogens with one attached hydrogen (secondary N) is 2. The number of hydrogen-bond donors (Lipinski definition) is 2. The van der Waals surface area contributed by atoms with Crippen molar-refractivity contribution in [1.82, 2.24) is 25.1 Å². The first kappa shape index (κ1) is 25.9. The third kappa shape index (κ3) is 8.27. The zero-order chi connectivity index (χ0) is 21.9. The maximum atomic E-state index is 4.50. The van der Waals surface area contributed by atoms with E-state index in [9.17, 15) is 0 Å². The number of aromatic nitrogens is 2. The van der Waals surface area contributed by atoms with E-state index in [-0.39, 0.29) is 24.0 Å². The molecule has 0 aliphatic heterocycles. The fourth-order valence-electron chi connectivity index (χ4n) is 3.46. The smallest absolute Gasteiger partial charge is 0.191 e. The van der Waals surface area contributed by atoms with Gasteiger partial charge in [-0.25, -0.2) is 4.98 Å². The lowest BCUT2D eigenvalue weighted by molar-refractivity contribution is 0.238. The Morgan fingerprint density at radius 1 is 1.03 bits per heavy atom. The second-order valence-electron chi connectivity index (χ2n) is 7.85. The molecule has 0 spiro atoms. The molecule has 1 unspecified atom stereocenters. The van der Waals surface area contributed by atoms with Crippen LogP contribution in [0.1, 0.15) is 30.3 Å². The maximum absolute atomic E-state index is 4.50. The fraction of sp³-hybridized carbons (Fsp3) is 0.360. The van der Waals surface area contributed by atoms with Crippen molar-refractivity contribution < 1.29 is 0 Å². The van der Waals surface area contributed by atoms with Gasteiger partial charge in [-0.15, -0.1) is 24.0 Å². The average Bonchev–Trinajstić information content (AvgIpc) is 3.24. The summed E-state index contributed by atoms with van der Waals surface area (Å²) in [4.78, 5) is 11.2. The Kier molecular flexibility index (Phi) is 11.2. The molecule has 0 aliphatic carbocycles. The summed E-state index contributed by atoms with van der Waals surface area (Å²) in [6, 6.07) is 21.5. The first-order valence-electron chi connectivity index (χ1n) is 10.9. The number of benzene rings is 2. The van der Waals surface area contributed by atoms with Gasteiger partial charge in [0.15, 0.2) is 5.96 Å². The van der Waals surface area contributed by atoms with E-state index in [1.165, 1.54) is 11.1 Å². The van der Waals surface area contributed by atoms with Crippen LogP contribution in [-0.2, 0) is 19.6 Å². The molecular formula is C25H35IN6. The quantitative estimate of drug-likeness (QED) is 0.228. The van der Waals surface area contributed by atoms with E-state index >= 15 is 0 Å². The van der Waals surface area contributed by atoms with E-state index in [4.69, 9.17) is 0 Å². The lowest BCUT2D eigenvalue weighted by Gasteiger charge is -2.25. The van der Waals surface area contributed by atoms with Crippen LogP contribution in [0.2, 0.25) is 0 Å². The highest BCUT2D eigenvalue weighted by molar-refractivity contribution is 14.0. The third-order valence-corrected chi connectivity index (χ3v) is 5.52. The predicted octanol–water partition coefficient (Wildman–Crippen LogP) is 4.13. The molecule has 1 heterocycles. The summed E-state index contributed by atoms with van der Waals surface area (Å²) in [5, 5.41) is 6.81. The summed E-state index contributed by atoms with van der Waals surface area (Å²) in [6.07, 6.45) is 4.90. The normalized spacial score (nSPS) is 12.3. The van der Waals surface area contributed by atoms with E-state index in [0.29, 0.717) is 12.6 Å². The van der Waals surface area contributed by atoms with Gasteiger partial charge in [0.1, 0.15) is 5.82 Å². The molecule has 7 heteroatoms. The van der Waals surface area contributed by atoms with E-state index < -0.39 is 0 Å². The minimum absolute atomic E-state index is 0. The first-order valence-corrected chi connectivity index (χ1v) is 10.9. The molecule has 2 aromatic carbocycles. The van der Waals surface area contributed by atoms with Crippen LogP contribution in [0.3, 0.4) is 0 Å². The van der Waals surface area contributed by atoms with Gasteiger partial charge in [-0.3, -0.25) is 9.89 Å². The fourth-order valence-corrected chi connectivity index (χ4v) is 3.46. The number of rotatable bonds is 10. The number of guanidine groups is 1. The number of aliphatic imine (C=N–C) groups is 1. The molecule has 6 nitrogen and oxygen atoms in total. The monoisotopic (exact) mass is 546 g/mol. The number of hydrogen-bond acceptors (Lipinski definition) is 3. The molecular weight excluding hydrogens is 511 g/mol. The van der Waals surface area contributed by atoms with Crippen molar-refractivity contribution in [3.8, 4) is 0 Å². The minimum Gasteiger partial charge on any atom is -0.356 e. The Bertz CT molecular complexity index is 926. The highest BCUT2D eigenvalue weighted by Crippen LogP contribution is 2.08. The van der Waals surface area contributed by atoms with Crippen molar-refractivity contribution >= 4 is 29.9 Å². The lowest BCUT2D eigenvalue weighted by Crippen LogP contribution is -2.40. The van der Waals surface area contributed by atoms with Crippen LogP contribution >= 0.6 is 24.0 Å². The van der Waals surface area contributed by atoms with Gasteiger partial charge in [-0.05, 0) is 31.5 Å². The Labute approximate surface area is 209 Å². The van der Waals surface area contributed by atoms with Crippen molar-refractivity contribution in [2.24, 2.45) is 4.99 Å². The molecule has 1 aromatic heterocycles. The molecule has 0 radical (unpaired) electrons. The second-order valence-corrected chi connectivity index (χ2v) is 7.85. The summed E-state index contributed by atoms with van der Waals surface area (Å²) in [5.41, 5.74) is 2.60. The van der Waals surface area contributed by atoms with Crippen molar-refractivity contribution in [3.63, 3.8) is 0 Å². The second kappa shape index (κ2) is 13.9. The van der Waals surface area contributed by atoms with E-state index in [1.807, 2.05) is 18.5 Å². The minimum atomic E-state index is 0. The molecule has 0 amide bonds. The number of nitrogens with zero attached hydrogens (tertiary/aromatic N) is 4. The molecule has 0 bridgehead atoms. The summed E-state index contributed by atoms with van der Waals surface area (Å²) >= 11 is 0. The molecule has 3 rings (SSSR count). The zero-order valence-electron chi connectivity index (χ0n) is 19.2. The van der Waals surface area contributed by atoms with E-state index in [2.05, 4.69) is 98.6 Å². The van der Waals surface area contributed by atoms with Crippen molar-refractivity contribution in [3.05, 3.63) is 90.0 Å². The van der Waals surface area contributed by atoms with Crippen LogP contribution in [0.5, 0.6) is 0 Å².